The van der Waals surface area contributed by atoms with Crippen molar-refractivity contribution in [3.8, 4) is 0 Å². The van der Waals surface area contributed by atoms with Gasteiger partial charge in [-0.1, -0.05) is 17.7 Å². The number of aryl methyl sites for hydroxylation is 1. The number of likely N-dealkylation sites (tertiary alicyclic amines) is 2. The molecule has 0 saturated carbocycles. The van der Waals surface area contributed by atoms with Gasteiger partial charge in [0.2, 0.25) is 29.5 Å². The fourth-order valence-electron chi connectivity index (χ4n) is 6.18. The summed E-state index contributed by atoms with van der Waals surface area (Å²) in [4.78, 5) is 76.3. The molecule has 2 atom stereocenters. The number of benzene rings is 1. The van der Waals surface area contributed by atoms with Crippen molar-refractivity contribution in [1.82, 2.24) is 30.1 Å². The first-order chi connectivity index (χ1) is 25.5. The van der Waals surface area contributed by atoms with E-state index in [-0.39, 0.29) is 72.0 Å². The maximum absolute atomic E-state index is 13.3. The minimum Gasteiger partial charge on any atom is -0.444 e. The van der Waals surface area contributed by atoms with E-state index in [0.717, 1.165) is 29.7 Å². The van der Waals surface area contributed by atoms with Gasteiger partial charge in [0, 0.05) is 44.2 Å². The molecular weight excluding hydrogens is 737 g/mol. The Morgan fingerprint density at radius 2 is 1.78 bits per heavy atom. The zero-order valence-corrected chi connectivity index (χ0v) is 33.0. The minimum absolute atomic E-state index is 0.0365. The zero-order valence-electron chi connectivity index (χ0n) is 31.3. The van der Waals surface area contributed by atoms with Gasteiger partial charge < -0.3 is 30.9 Å². The largest absolute Gasteiger partial charge is 0.444 e. The third-order valence-electron chi connectivity index (χ3n) is 9.04. The van der Waals surface area contributed by atoms with Gasteiger partial charge in [-0.3, -0.25) is 24.2 Å². The smallest absolute Gasteiger partial charge is 0.410 e. The maximum Gasteiger partial charge on any atom is 0.410 e. The first-order valence-corrected chi connectivity index (χ1v) is 20.6. The molecule has 4 rings (SSSR count). The number of carbonyl (C=O) groups is 5. The summed E-state index contributed by atoms with van der Waals surface area (Å²) in [5, 5.41) is 7.42. The molecule has 16 nitrogen and oxygen atoms in total. The number of nitrogens with two attached hydrogens (primary N) is 1. The van der Waals surface area contributed by atoms with Crippen LogP contribution in [0.2, 0.25) is 0 Å². The highest BCUT2D eigenvalue weighted by Gasteiger charge is 2.33. The summed E-state index contributed by atoms with van der Waals surface area (Å²) in [5.41, 5.74) is 6.18. The van der Waals surface area contributed by atoms with Crippen LogP contribution in [0.25, 0.3) is 0 Å². The quantitative estimate of drug-likeness (QED) is 0.0894. The number of thiazole rings is 1. The summed E-state index contributed by atoms with van der Waals surface area (Å²) in [7, 11) is -3.93. The van der Waals surface area contributed by atoms with Crippen LogP contribution in [0.5, 0.6) is 0 Å². The molecule has 0 radical (unpaired) electrons. The minimum atomic E-state index is -3.93. The second-order valence-corrected chi connectivity index (χ2v) is 17.2. The number of aliphatic imine (C=N–C) groups is 1. The number of piperidine rings is 2. The monoisotopic (exact) mass is 788 g/mol. The van der Waals surface area contributed by atoms with Gasteiger partial charge in [-0.2, -0.15) is 0 Å². The predicted octanol–water partition coefficient (Wildman–Crippen LogP) is 2.73. The number of guanidine groups is 1. The first-order valence-electron chi connectivity index (χ1n) is 18.2. The van der Waals surface area contributed by atoms with E-state index in [1.165, 1.54) is 23.2 Å². The van der Waals surface area contributed by atoms with E-state index in [2.05, 4.69) is 25.3 Å². The van der Waals surface area contributed by atoms with Crippen molar-refractivity contribution in [2.24, 2.45) is 16.6 Å². The molecule has 18 heteroatoms. The molecule has 1 aromatic carbocycles. The van der Waals surface area contributed by atoms with Crippen LogP contribution < -0.4 is 21.1 Å². The first kappa shape index (κ1) is 42.2. The number of rotatable bonds is 15. The standard InChI is InChI=1S/C36H52N8O8S2/c1-24-9-12-26(13-10-24)54(50,51)42-34(37)39-17-5-7-27(31(47)32-38-18-22-53-32)40-30(46)23-44-19-6-8-28(33(44)48)41-29(45)14-11-25-15-20-43(21-16-25)35(49)52-36(2,3)4/h9-10,12-13,18,22,25,27-28H,5-8,11,14-17,19-21,23H2,1-4H3,(H,40,46)(H,41,45)(H3,37,39,42)/t27-,28-/m0/s1. The van der Waals surface area contributed by atoms with E-state index in [1.54, 1.807) is 22.4 Å². The number of hydrogen-bond donors (Lipinski definition) is 4. The van der Waals surface area contributed by atoms with Crippen LogP contribution in [0, 0.1) is 12.8 Å². The summed E-state index contributed by atoms with van der Waals surface area (Å²) < 4.78 is 32.9. The van der Waals surface area contributed by atoms with Crippen molar-refractivity contribution in [2.75, 3.05) is 32.7 Å². The normalized spacial score (nSPS) is 17.8. The third-order valence-corrected chi connectivity index (χ3v) is 11.2. The van der Waals surface area contributed by atoms with Gasteiger partial charge in [0.15, 0.2) is 5.01 Å². The molecule has 2 saturated heterocycles. The Bertz CT molecular complexity index is 1750. The molecule has 0 unspecified atom stereocenters. The molecule has 3 heterocycles. The van der Waals surface area contributed by atoms with E-state index < -0.39 is 39.4 Å². The summed E-state index contributed by atoms with van der Waals surface area (Å²) in [6.07, 6.45) is 5.03. The van der Waals surface area contributed by atoms with Crippen LogP contribution >= 0.6 is 11.3 Å². The Hall–Kier alpha value is -4.58. The Labute approximate surface area is 320 Å². The number of ketones is 1. The summed E-state index contributed by atoms with van der Waals surface area (Å²) in [6, 6.07) is 4.51. The molecule has 0 bridgehead atoms. The van der Waals surface area contributed by atoms with Crippen LogP contribution in [0.3, 0.4) is 0 Å². The van der Waals surface area contributed by atoms with E-state index in [1.807, 2.05) is 27.7 Å². The van der Waals surface area contributed by atoms with Crippen molar-refractivity contribution in [3.05, 3.63) is 46.4 Å². The zero-order chi connectivity index (χ0) is 39.5. The molecular formula is C36H52N8O8S2. The molecule has 296 valence electrons. The topological polar surface area (TPSA) is 223 Å². The lowest BCUT2D eigenvalue weighted by Gasteiger charge is -2.34. The molecule has 2 aromatic rings. The summed E-state index contributed by atoms with van der Waals surface area (Å²) in [5.74, 6) is -1.59. The van der Waals surface area contributed by atoms with E-state index >= 15 is 0 Å². The van der Waals surface area contributed by atoms with Crippen LogP contribution in [-0.2, 0) is 29.1 Å². The SMILES string of the molecule is Cc1ccc(S(=O)(=O)NC(N)=NCCC[C@H](NC(=O)CN2CCC[C@H](NC(=O)CCC3CCN(C(=O)OC(C)(C)C)CC3)C2=O)C(=O)c2nccs2)cc1. The van der Waals surface area contributed by atoms with Crippen molar-refractivity contribution >= 4 is 56.9 Å². The fraction of sp³-hybridized carbons (Fsp3) is 0.583. The van der Waals surface area contributed by atoms with Crippen molar-refractivity contribution in [3.63, 3.8) is 0 Å². The number of nitrogens with one attached hydrogen (secondary N) is 3. The Balaban J connectivity index is 1.24. The van der Waals surface area contributed by atoms with E-state index in [9.17, 15) is 32.4 Å². The van der Waals surface area contributed by atoms with E-state index in [4.69, 9.17) is 10.5 Å². The van der Waals surface area contributed by atoms with Gasteiger partial charge in [-0.15, -0.1) is 11.3 Å². The van der Waals surface area contributed by atoms with Crippen LogP contribution in [0.15, 0.2) is 45.7 Å². The van der Waals surface area contributed by atoms with E-state index in [0.29, 0.717) is 38.9 Å². The number of amides is 4. The number of nitrogens with zero attached hydrogens (tertiary/aromatic N) is 4. The lowest BCUT2D eigenvalue weighted by Crippen LogP contribution is -2.55. The number of Topliss-reactive ketones (excluding diaryl/α,β-unsaturated/α-hetero) is 1. The number of sulfonamides is 1. The van der Waals surface area contributed by atoms with Crippen molar-refractivity contribution in [2.45, 2.75) is 102 Å². The highest BCUT2D eigenvalue weighted by Crippen LogP contribution is 2.24. The maximum atomic E-state index is 13.3. The van der Waals surface area contributed by atoms with Crippen LogP contribution in [-0.4, -0.2) is 109 Å². The summed E-state index contributed by atoms with van der Waals surface area (Å²) >= 11 is 1.13. The number of ether oxygens (including phenoxy) is 1. The lowest BCUT2D eigenvalue weighted by atomic mass is 9.92. The second kappa shape index (κ2) is 19.1. The Kier molecular flexibility index (Phi) is 14.9. The van der Waals surface area contributed by atoms with Crippen molar-refractivity contribution in [1.29, 1.82) is 0 Å². The van der Waals surface area contributed by atoms with Gasteiger partial charge in [-0.05, 0) is 90.7 Å². The Morgan fingerprint density at radius 1 is 1.07 bits per heavy atom. The average Bonchev–Trinajstić information content (AvgIpc) is 3.65. The average molecular weight is 789 g/mol. The molecule has 54 heavy (non-hydrogen) atoms. The second-order valence-electron chi connectivity index (χ2n) is 14.6. The molecule has 2 fully saturated rings. The molecule has 4 amide bonds. The van der Waals surface area contributed by atoms with Gasteiger partial charge in [0.05, 0.1) is 17.5 Å². The number of hydrogen-bond acceptors (Lipinski definition) is 11. The summed E-state index contributed by atoms with van der Waals surface area (Å²) in [6.45, 7) is 8.56. The van der Waals surface area contributed by atoms with Gasteiger partial charge in [0.1, 0.15) is 11.6 Å². The highest BCUT2D eigenvalue weighted by molar-refractivity contribution is 7.90. The van der Waals surface area contributed by atoms with Crippen LogP contribution in [0.4, 0.5) is 4.79 Å². The molecule has 0 aliphatic carbocycles. The van der Waals surface area contributed by atoms with Crippen molar-refractivity contribution < 1.29 is 37.1 Å². The molecule has 5 N–H and O–H groups in total. The molecule has 0 spiro atoms. The molecule has 2 aliphatic heterocycles. The lowest BCUT2D eigenvalue weighted by molar-refractivity contribution is -0.141. The van der Waals surface area contributed by atoms with Gasteiger partial charge in [-0.25, -0.2) is 22.9 Å². The number of aromatic nitrogens is 1. The number of carbonyl (C=O) groups excluding carboxylic acids is 5. The molecule has 2 aliphatic rings. The van der Waals surface area contributed by atoms with Gasteiger partial charge in [0.25, 0.3) is 10.0 Å². The Morgan fingerprint density at radius 3 is 2.43 bits per heavy atom. The van der Waals surface area contributed by atoms with Gasteiger partial charge >= 0.3 is 6.09 Å². The highest BCUT2D eigenvalue weighted by atomic mass is 32.2. The fourth-order valence-corrected chi connectivity index (χ4v) is 7.76. The van der Waals surface area contributed by atoms with Crippen LogP contribution in [0.1, 0.15) is 87.5 Å². The predicted molar refractivity (Wildman–Crippen MR) is 203 cm³/mol. The molecule has 1 aromatic heterocycles. The third kappa shape index (κ3) is 13.1.